The molecule has 2 heterocycles. The number of ether oxygens (including phenoxy) is 1. The highest BCUT2D eigenvalue weighted by molar-refractivity contribution is 7.15. The van der Waals surface area contributed by atoms with Crippen LogP contribution in [-0.2, 0) is 6.42 Å². The van der Waals surface area contributed by atoms with Gasteiger partial charge in [-0.05, 0) is 73.2 Å². The van der Waals surface area contributed by atoms with Crippen LogP contribution in [0.2, 0.25) is 0 Å². The zero-order valence-electron chi connectivity index (χ0n) is 19.3. The standard InChI is InChI=1S/C27H32N2O2S/c1-17(2)12-24-10-11-26(32-24)21-7-5-6-20(13-21)19(4)29-27(30)25-14-22(9-8-18(25)3)31-23-15-28-16-23/h5-11,13-14,17,19,23,28H,12,15-16H2,1-4H3,(H,29,30). The zero-order chi connectivity index (χ0) is 22.7. The van der Waals surface area contributed by atoms with Crippen molar-refractivity contribution < 1.29 is 9.53 Å². The molecule has 1 aromatic heterocycles. The first-order chi connectivity index (χ1) is 15.4. The minimum atomic E-state index is -0.0997. The molecule has 168 valence electrons. The normalized spacial score (nSPS) is 14.8. The molecule has 3 aromatic rings. The summed E-state index contributed by atoms with van der Waals surface area (Å²) in [5.74, 6) is 1.32. The molecule has 4 nitrogen and oxygen atoms in total. The highest BCUT2D eigenvalue weighted by Crippen LogP contribution is 2.31. The third kappa shape index (κ3) is 5.40. The number of nitrogens with one attached hydrogen (secondary N) is 2. The lowest BCUT2D eigenvalue weighted by molar-refractivity contribution is 0.0937. The molecule has 1 aliphatic rings. The maximum Gasteiger partial charge on any atom is 0.252 e. The first-order valence-electron chi connectivity index (χ1n) is 11.4. The quantitative estimate of drug-likeness (QED) is 0.460. The molecule has 1 fully saturated rings. The highest BCUT2D eigenvalue weighted by atomic mass is 32.1. The summed E-state index contributed by atoms with van der Waals surface area (Å²) in [6.07, 6.45) is 1.30. The molecule has 1 amide bonds. The van der Waals surface area contributed by atoms with E-state index in [9.17, 15) is 4.79 Å². The van der Waals surface area contributed by atoms with Crippen molar-refractivity contribution in [3.63, 3.8) is 0 Å². The van der Waals surface area contributed by atoms with E-state index in [2.05, 4.69) is 60.9 Å². The van der Waals surface area contributed by atoms with Crippen LogP contribution >= 0.6 is 11.3 Å². The van der Waals surface area contributed by atoms with Crippen LogP contribution in [0.5, 0.6) is 5.75 Å². The zero-order valence-corrected chi connectivity index (χ0v) is 20.1. The van der Waals surface area contributed by atoms with E-state index in [0.717, 1.165) is 36.4 Å². The largest absolute Gasteiger partial charge is 0.488 e. The van der Waals surface area contributed by atoms with Gasteiger partial charge in [0.2, 0.25) is 0 Å². The van der Waals surface area contributed by atoms with E-state index < -0.39 is 0 Å². The Morgan fingerprint density at radius 3 is 2.66 bits per heavy atom. The van der Waals surface area contributed by atoms with E-state index in [1.54, 1.807) is 0 Å². The summed E-state index contributed by atoms with van der Waals surface area (Å²) < 4.78 is 5.93. The Labute approximate surface area is 195 Å². The van der Waals surface area contributed by atoms with Crippen molar-refractivity contribution in [1.29, 1.82) is 0 Å². The molecule has 1 unspecified atom stereocenters. The molecule has 2 aromatic carbocycles. The van der Waals surface area contributed by atoms with E-state index in [0.29, 0.717) is 11.5 Å². The molecule has 0 bridgehead atoms. The van der Waals surface area contributed by atoms with E-state index >= 15 is 0 Å². The number of benzene rings is 2. The number of hydrogen-bond donors (Lipinski definition) is 2. The Kier molecular flexibility index (Phi) is 6.97. The van der Waals surface area contributed by atoms with Crippen molar-refractivity contribution in [3.8, 4) is 16.2 Å². The second-order valence-corrected chi connectivity index (χ2v) is 10.2. The van der Waals surface area contributed by atoms with Gasteiger partial charge in [-0.15, -0.1) is 11.3 Å². The second kappa shape index (κ2) is 9.88. The van der Waals surface area contributed by atoms with Gasteiger partial charge in [0.15, 0.2) is 0 Å². The number of aryl methyl sites for hydroxylation is 1. The Morgan fingerprint density at radius 1 is 1.12 bits per heavy atom. The summed E-state index contributed by atoms with van der Waals surface area (Å²) in [6, 6.07) is 18.6. The van der Waals surface area contributed by atoms with E-state index in [-0.39, 0.29) is 18.1 Å². The predicted octanol–water partition coefficient (Wildman–Crippen LogP) is 5.76. The fourth-order valence-electron chi connectivity index (χ4n) is 3.82. The molecule has 1 aliphatic heterocycles. The number of carbonyl (C=O) groups excluding carboxylic acids is 1. The average molecular weight is 449 g/mol. The molecule has 5 heteroatoms. The molecule has 32 heavy (non-hydrogen) atoms. The van der Waals surface area contributed by atoms with Crippen LogP contribution < -0.4 is 15.4 Å². The average Bonchev–Trinajstić information content (AvgIpc) is 3.19. The third-order valence-electron chi connectivity index (χ3n) is 5.79. The molecule has 0 spiro atoms. The van der Waals surface area contributed by atoms with Crippen molar-refractivity contribution in [2.75, 3.05) is 13.1 Å². The SMILES string of the molecule is Cc1ccc(OC2CNC2)cc1C(=O)NC(C)c1cccc(-c2ccc(CC(C)C)s2)c1. The molecule has 4 rings (SSSR count). The van der Waals surface area contributed by atoms with Crippen LogP contribution in [-0.4, -0.2) is 25.1 Å². The smallest absolute Gasteiger partial charge is 0.252 e. The van der Waals surface area contributed by atoms with Gasteiger partial charge in [0.05, 0.1) is 6.04 Å². The molecule has 0 radical (unpaired) electrons. The maximum absolute atomic E-state index is 13.1. The summed E-state index contributed by atoms with van der Waals surface area (Å²) in [6.45, 7) is 10.2. The summed E-state index contributed by atoms with van der Waals surface area (Å²) in [7, 11) is 0. The van der Waals surface area contributed by atoms with Crippen LogP contribution in [0.15, 0.2) is 54.6 Å². The molecule has 1 saturated heterocycles. The van der Waals surface area contributed by atoms with Gasteiger partial charge in [-0.25, -0.2) is 0 Å². The molecule has 1 atom stereocenters. The molecular formula is C27H32N2O2S. The monoisotopic (exact) mass is 448 g/mol. The first-order valence-corrected chi connectivity index (χ1v) is 12.2. The van der Waals surface area contributed by atoms with Gasteiger partial charge in [-0.1, -0.05) is 38.1 Å². The van der Waals surface area contributed by atoms with Crippen molar-refractivity contribution in [1.82, 2.24) is 10.6 Å². The topological polar surface area (TPSA) is 50.4 Å². The lowest BCUT2D eigenvalue weighted by Gasteiger charge is -2.28. The van der Waals surface area contributed by atoms with Gasteiger partial charge in [0.25, 0.3) is 5.91 Å². The maximum atomic E-state index is 13.1. The first kappa shape index (κ1) is 22.6. The van der Waals surface area contributed by atoms with Crippen molar-refractivity contribution in [2.24, 2.45) is 5.92 Å². The molecule has 2 N–H and O–H groups in total. The number of rotatable bonds is 8. The summed E-state index contributed by atoms with van der Waals surface area (Å²) >= 11 is 1.85. The van der Waals surface area contributed by atoms with Crippen LogP contribution in [0.25, 0.3) is 10.4 Å². The van der Waals surface area contributed by atoms with Gasteiger partial charge in [0.1, 0.15) is 11.9 Å². The van der Waals surface area contributed by atoms with E-state index in [4.69, 9.17) is 4.74 Å². The minimum Gasteiger partial charge on any atom is -0.488 e. The van der Waals surface area contributed by atoms with Crippen LogP contribution in [0.3, 0.4) is 0 Å². The van der Waals surface area contributed by atoms with Gasteiger partial charge >= 0.3 is 0 Å². The lowest BCUT2D eigenvalue weighted by Crippen LogP contribution is -2.50. The summed E-state index contributed by atoms with van der Waals surface area (Å²) in [5, 5.41) is 6.37. The molecular weight excluding hydrogens is 416 g/mol. The van der Waals surface area contributed by atoms with E-state index in [1.807, 2.05) is 43.4 Å². The van der Waals surface area contributed by atoms with Gasteiger partial charge in [-0.2, -0.15) is 0 Å². The molecule has 0 saturated carbocycles. The summed E-state index contributed by atoms with van der Waals surface area (Å²) in [4.78, 5) is 15.7. The Bertz CT molecular complexity index is 1080. The van der Waals surface area contributed by atoms with Crippen molar-refractivity contribution in [3.05, 3.63) is 76.2 Å². The predicted molar refractivity (Wildman–Crippen MR) is 133 cm³/mol. The number of thiophene rings is 1. The minimum absolute atomic E-state index is 0.0760. The lowest BCUT2D eigenvalue weighted by atomic mass is 10.0. The summed E-state index contributed by atoms with van der Waals surface area (Å²) in [5.41, 5.74) is 3.90. The molecule has 0 aliphatic carbocycles. The van der Waals surface area contributed by atoms with Crippen LogP contribution in [0.4, 0.5) is 0 Å². The van der Waals surface area contributed by atoms with Gasteiger partial charge < -0.3 is 15.4 Å². The Morgan fingerprint density at radius 2 is 1.94 bits per heavy atom. The Balaban J connectivity index is 1.46. The second-order valence-electron chi connectivity index (χ2n) is 9.06. The fraction of sp³-hybridized carbons (Fsp3) is 0.370. The third-order valence-corrected chi connectivity index (χ3v) is 6.95. The number of amides is 1. The van der Waals surface area contributed by atoms with Gasteiger partial charge in [-0.3, -0.25) is 4.79 Å². The van der Waals surface area contributed by atoms with Crippen molar-refractivity contribution >= 4 is 17.2 Å². The number of hydrogen-bond acceptors (Lipinski definition) is 4. The highest BCUT2D eigenvalue weighted by Gasteiger charge is 2.20. The number of carbonyl (C=O) groups is 1. The van der Waals surface area contributed by atoms with Crippen LogP contribution in [0.1, 0.15) is 53.2 Å². The Hall–Kier alpha value is -2.63. The fourth-order valence-corrected chi connectivity index (χ4v) is 5.04. The van der Waals surface area contributed by atoms with Gasteiger partial charge in [0, 0.05) is 28.4 Å². The van der Waals surface area contributed by atoms with Crippen LogP contribution in [0, 0.1) is 12.8 Å². The van der Waals surface area contributed by atoms with E-state index in [1.165, 1.54) is 15.3 Å². The van der Waals surface area contributed by atoms with Crippen molar-refractivity contribution in [2.45, 2.75) is 46.3 Å².